The fourth-order valence-corrected chi connectivity index (χ4v) is 2.13. The van der Waals surface area contributed by atoms with Gasteiger partial charge in [-0.2, -0.15) is 0 Å². The third-order valence-electron chi connectivity index (χ3n) is 3.34. The summed E-state index contributed by atoms with van der Waals surface area (Å²) in [4.78, 5) is 0. The second-order valence-electron chi connectivity index (χ2n) is 4.40. The quantitative estimate of drug-likeness (QED) is 0.628. The van der Waals surface area contributed by atoms with Gasteiger partial charge in [0.15, 0.2) is 0 Å². The summed E-state index contributed by atoms with van der Waals surface area (Å²) in [5.41, 5.74) is 0. The molecule has 0 aliphatic heterocycles. The highest BCUT2D eigenvalue weighted by molar-refractivity contribution is 4.84. The van der Waals surface area contributed by atoms with E-state index in [1.807, 2.05) is 0 Å². The minimum absolute atomic E-state index is 0.0937. The molecular formula is C10H20O2. The second-order valence-corrected chi connectivity index (χ2v) is 4.40. The van der Waals surface area contributed by atoms with Crippen LogP contribution in [0.2, 0.25) is 0 Å². The molecule has 2 nitrogen and oxygen atoms in total. The van der Waals surface area contributed by atoms with Gasteiger partial charge in [0.1, 0.15) is 0 Å². The first-order valence-corrected chi connectivity index (χ1v) is 4.88. The number of aliphatic hydroxyl groups is 2. The van der Waals surface area contributed by atoms with Gasteiger partial charge < -0.3 is 10.2 Å². The van der Waals surface area contributed by atoms with Gasteiger partial charge in [0.25, 0.3) is 0 Å². The Hall–Kier alpha value is -0.0800. The van der Waals surface area contributed by atoms with Crippen LogP contribution in [0.3, 0.4) is 0 Å². The predicted molar refractivity (Wildman–Crippen MR) is 48.7 cm³/mol. The monoisotopic (exact) mass is 172 g/mol. The van der Waals surface area contributed by atoms with E-state index in [-0.39, 0.29) is 18.1 Å². The number of hydrogen-bond donors (Lipinski definition) is 2. The molecule has 12 heavy (non-hydrogen) atoms. The molecule has 1 saturated carbocycles. The SMILES string of the molecule is CC(O)C1CC(C)C(C)CC1O. The van der Waals surface area contributed by atoms with Crippen LogP contribution in [0.25, 0.3) is 0 Å². The Morgan fingerprint density at radius 2 is 1.67 bits per heavy atom. The smallest absolute Gasteiger partial charge is 0.0595 e. The summed E-state index contributed by atoms with van der Waals surface area (Å²) in [6.07, 6.45) is 1.14. The Morgan fingerprint density at radius 1 is 1.17 bits per heavy atom. The lowest BCUT2D eigenvalue weighted by atomic mass is 9.72. The summed E-state index contributed by atoms with van der Waals surface area (Å²) in [5.74, 6) is 1.32. The highest BCUT2D eigenvalue weighted by Crippen LogP contribution is 2.35. The summed E-state index contributed by atoms with van der Waals surface area (Å²) in [5, 5.41) is 19.1. The van der Waals surface area contributed by atoms with E-state index in [4.69, 9.17) is 0 Å². The van der Waals surface area contributed by atoms with Crippen molar-refractivity contribution in [3.8, 4) is 0 Å². The summed E-state index contributed by atoms with van der Waals surface area (Å²) in [7, 11) is 0. The van der Waals surface area contributed by atoms with Crippen LogP contribution in [0.15, 0.2) is 0 Å². The van der Waals surface area contributed by atoms with E-state index in [9.17, 15) is 10.2 Å². The maximum absolute atomic E-state index is 9.67. The summed E-state index contributed by atoms with van der Waals surface area (Å²) >= 11 is 0. The van der Waals surface area contributed by atoms with Crippen molar-refractivity contribution in [2.75, 3.05) is 0 Å². The number of aliphatic hydroxyl groups excluding tert-OH is 2. The lowest BCUT2D eigenvalue weighted by Gasteiger charge is -2.37. The molecule has 0 aromatic rings. The second kappa shape index (κ2) is 3.75. The molecule has 1 aliphatic carbocycles. The average Bonchev–Trinajstić information content (AvgIpc) is 1.96. The molecule has 0 heterocycles. The van der Waals surface area contributed by atoms with Gasteiger partial charge in [-0.15, -0.1) is 0 Å². The van der Waals surface area contributed by atoms with E-state index in [2.05, 4.69) is 13.8 Å². The fourth-order valence-electron chi connectivity index (χ4n) is 2.13. The molecule has 72 valence electrons. The van der Waals surface area contributed by atoms with Crippen LogP contribution >= 0.6 is 0 Å². The average molecular weight is 172 g/mol. The standard InChI is InChI=1S/C10H20O2/c1-6-4-9(8(3)11)10(12)5-7(6)2/h6-12H,4-5H2,1-3H3. The molecule has 0 amide bonds. The van der Waals surface area contributed by atoms with Gasteiger partial charge in [-0.3, -0.25) is 0 Å². The first kappa shape index (κ1) is 10.0. The van der Waals surface area contributed by atoms with Crippen LogP contribution in [0.1, 0.15) is 33.6 Å². The third-order valence-corrected chi connectivity index (χ3v) is 3.34. The van der Waals surface area contributed by atoms with Crippen molar-refractivity contribution in [1.82, 2.24) is 0 Å². The van der Waals surface area contributed by atoms with E-state index in [0.29, 0.717) is 11.8 Å². The Kier molecular flexibility index (Phi) is 3.13. The molecule has 5 unspecified atom stereocenters. The molecule has 0 spiro atoms. The molecule has 2 heteroatoms. The Labute approximate surface area is 74.6 Å². The normalized spacial score (nSPS) is 45.8. The van der Waals surface area contributed by atoms with E-state index < -0.39 is 0 Å². The van der Waals surface area contributed by atoms with Gasteiger partial charge in [-0.05, 0) is 31.6 Å². The molecule has 1 rings (SSSR count). The van der Waals surface area contributed by atoms with E-state index >= 15 is 0 Å². The zero-order chi connectivity index (χ0) is 9.30. The number of hydrogen-bond acceptors (Lipinski definition) is 2. The van der Waals surface area contributed by atoms with Crippen LogP contribution < -0.4 is 0 Å². The van der Waals surface area contributed by atoms with Crippen molar-refractivity contribution < 1.29 is 10.2 Å². The van der Waals surface area contributed by atoms with E-state index in [1.54, 1.807) is 6.92 Å². The van der Waals surface area contributed by atoms with Crippen molar-refractivity contribution in [2.24, 2.45) is 17.8 Å². The van der Waals surface area contributed by atoms with Crippen molar-refractivity contribution in [3.63, 3.8) is 0 Å². The molecule has 5 atom stereocenters. The fraction of sp³-hybridized carbons (Fsp3) is 1.00. The van der Waals surface area contributed by atoms with Crippen LogP contribution in [0.5, 0.6) is 0 Å². The molecule has 0 bridgehead atoms. The van der Waals surface area contributed by atoms with E-state index in [0.717, 1.165) is 12.8 Å². The highest BCUT2D eigenvalue weighted by Gasteiger charge is 2.33. The molecule has 1 fully saturated rings. The van der Waals surface area contributed by atoms with Gasteiger partial charge >= 0.3 is 0 Å². The van der Waals surface area contributed by atoms with Crippen molar-refractivity contribution >= 4 is 0 Å². The molecular weight excluding hydrogens is 152 g/mol. The largest absolute Gasteiger partial charge is 0.393 e. The van der Waals surface area contributed by atoms with Crippen molar-refractivity contribution in [1.29, 1.82) is 0 Å². The van der Waals surface area contributed by atoms with Crippen LogP contribution in [0, 0.1) is 17.8 Å². The zero-order valence-electron chi connectivity index (χ0n) is 8.20. The Bertz CT molecular complexity index is 145. The van der Waals surface area contributed by atoms with Crippen LogP contribution in [0.4, 0.5) is 0 Å². The van der Waals surface area contributed by atoms with Crippen LogP contribution in [-0.2, 0) is 0 Å². The van der Waals surface area contributed by atoms with Gasteiger partial charge in [-0.25, -0.2) is 0 Å². The van der Waals surface area contributed by atoms with Gasteiger partial charge in [0.05, 0.1) is 12.2 Å². The van der Waals surface area contributed by atoms with Gasteiger partial charge in [-0.1, -0.05) is 13.8 Å². The summed E-state index contributed by atoms with van der Waals surface area (Å²) in [6.45, 7) is 6.15. The Morgan fingerprint density at radius 3 is 2.17 bits per heavy atom. The number of rotatable bonds is 1. The highest BCUT2D eigenvalue weighted by atomic mass is 16.3. The summed E-state index contributed by atoms with van der Waals surface area (Å²) < 4.78 is 0. The maximum atomic E-state index is 9.67. The minimum Gasteiger partial charge on any atom is -0.393 e. The zero-order valence-corrected chi connectivity index (χ0v) is 8.20. The van der Waals surface area contributed by atoms with Gasteiger partial charge in [0, 0.05) is 5.92 Å². The first-order valence-electron chi connectivity index (χ1n) is 4.88. The molecule has 0 aromatic carbocycles. The summed E-state index contributed by atoms with van der Waals surface area (Å²) in [6, 6.07) is 0. The predicted octanol–water partition coefficient (Wildman–Crippen LogP) is 1.41. The van der Waals surface area contributed by atoms with Crippen molar-refractivity contribution in [3.05, 3.63) is 0 Å². The molecule has 0 radical (unpaired) electrons. The Balaban J connectivity index is 2.55. The lowest BCUT2D eigenvalue weighted by molar-refractivity contribution is -0.0341. The van der Waals surface area contributed by atoms with Crippen LogP contribution in [-0.4, -0.2) is 22.4 Å². The molecule has 1 aliphatic rings. The van der Waals surface area contributed by atoms with Gasteiger partial charge in [0.2, 0.25) is 0 Å². The van der Waals surface area contributed by atoms with E-state index in [1.165, 1.54) is 0 Å². The lowest BCUT2D eigenvalue weighted by Crippen LogP contribution is -2.38. The minimum atomic E-state index is -0.366. The third kappa shape index (κ3) is 1.99. The topological polar surface area (TPSA) is 40.5 Å². The molecule has 2 N–H and O–H groups in total. The first-order chi connectivity index (χ1) is 5.52. The molecule has 0 saturated heterocycles. The maximum Gasteiger partial charge on any atom is 0.0595 e. The molecule has 0 aromatic heterocycles. The van der Waals surface area contributed by atoms with Crippen molar-refractivity contribution in [2.45, 2.75) is 45.8 Å².